The largest absolute Gasteiger partial charge is 0.384 e. The third-order valence-electron chi connectivity index (χ3n) is 5.25. The van der Waals surface area contributed by atoms with Crippen LogP contribution in [0.2, 0.25) is 0 Å². The first-order chi connectivity index (χ1) is 12.5. The van der Waals surface area contributed by atoms with Gasteiger partial charge >= 0.3 is 0 Å². The number of fused-ring (bicyclic) bond motifs is 1. The lowest BCUT2D eigenvalue weighted by Gasteiger charge is -2.31. The molecular formula is C19H28N7+. The van der Waals surface area contributed by atoms with Gasteiger partial charge in [0, 0.05) is 29.8 Å². The fourth-order valence-electron chi connectivity index (χ4n) is 4.10. The van der Waals surface area contributed by atoms with E-state index in [1.165, 1.54) is 19.3 Å². The molecule has 0 saturated heterocycles. The van der Waals surface area contributed by atoms with E-state index in [-0.39, 0.29) is 0 Å². The van der Waals surface area contributed by atoms with E-state index < -0.39 is 0 Å². The van der Waals surface area contributed by atoms with Gasteiger partial charge in [0.15, 0.2) is 12.7 Å². The van der Waals surface area contributed by atoms with Gasteiger partial charge in [0.05, 0.1) is 23.5 Å². The standard InChI is InChI=1S/C19H27N7/c1-12(2)23-15-6-4-5-13(7-15)17-8-18(20)26-19(24-17)16(10-22-26)14-9-21-25(3)11-14/h8-13,15,23H,4-7H2,1-3H3,(H2,20,22,24)/p+1/t13-,15+/m0/s1. The molecule has 0 aliphatic heterocycles. The third kappa shape index (κ3) is 3.19. The molecule has 0 aromatic carbocycles. The Kier molecular flexibility index (Phi) is 4.40. The van der Waals surface area contributed by atoms with E-state index in [2.05, 4.69) is 29.4 Å². The average molecular weight is 354 g/mol. The number of nitrogen functional groups attached to an aromatic ring is 1. The second-order valence-corrected chi connectivity index (χ2v) is 7.75. The minimum atomic E-state index is 0.442. The van der Waals surface area contributed by atoms with Gasteiger partial charge in [-0.05, 0) is 19.3 Å². The Bertz CT molecular complexity index is 908. The van der Waals surface area contributed by atoms with Gasteiger partial charge in [0.25, 0.3) is 0 Å². The summed E-state index contributed by atoms with van der Waals surface area (Å²) in [5.41, 5.74) is 10.3. The summed E-state index contributed by atoms with van der Waals surface area (Å²) in [5, 5.41) is 11.3. The fraction of sp³-hybridized carbons (Fsp3) is 0.526. The van der Waals surface area contributed by atoms with Crippen LogP contribution >= 0.6 is 0 Å². The van der Waals surface area contributed by atoms with Gasteiger partial charge in [0.2, 0.25) is 6.20 Å². The van der Waals surface area contributed by atoms with Crippen LogP contribution in [0, 0.1) is 0 Å². The molecule has 1 aliphatic rings. The van der Waals surface area contributed by atoms with Crippen molar-refractivity contribution in [2.24, 2.45) is 7.05 Å². The summed E-state index contributed by atoms with van der Waals surface area (Å²) in [6.07, 6.45) is 10.6. The molecule has 3 heterocycles. The van der Waals surface area contributed by atoms with Crippen molar-refractivity contribution in [3.63, 3.8) is 0 Å². The number of nitrogens with one attached hydrogen (secondary N) is 2. The van der Waals surface area contributed by atoms with Crippen molar-refractivity contribution in [1.82, 2.24) is 25.0 Å². The number of hydrogen-bond donors (Lipinski definition) is 3. The molecular weight excluding hydrogens is 326 g/mol. The van der Waals surface area contributed by atoms with Crippen LogP contribution in [0.3, 0.4) is 0 Å². The van der Waals surface area contributed by atoms with Crippen molar-refractivity contribution < 1.29 is 4.68 Å². The molecule has 1 fully saturated rings. The number of nitrogens with zero attached hydrogens (tertiary/aromatic N) is 4. The van der Waals surface area contributed by atoms with Crippen LogP contribution in [0.25, 0.3) is 16.8 Å². The van der Waals surface area contributed by atoms with Gasteiger partial charge in [-0.1, -0.05) is 20.3 Å². The van der Waals surface area contributed by atoms with Crippen LogP contribution in [-0.4, -0.2) is 31.8 Å². The van der Waals surface area contributed by atoms with Crippen molar-refractivity contribution >= 4 is 11.5 Å². The molecule has 0 bridgehead atoms. The second kappa shape index (κ2) is 6.72. The molecule has 26 heavy (non-hydrogen) atoms. The van der Waals surface area contributed by atoms with Crippen LogP contribution < -0.4 is 15.7 Å². The highest BCUT2D eigenvalue weighted by atomic mass is 15.3. The predicted octanol–water partition coefficient (Wildman–Crippen LogP) is 2.16. The maximum atomic E-state index is 6.31. The molecule has 0 unspecified atom stereocenters. The van der Waals surface area contributed by atoms with E-state index in [4.69, 9.17) is 10.7 Å². The van der Waals surface area contributed by atoms with Crippen molar-refractivity contribution in [2.45, 2.75) is 57.5 Å². The van der Waals surface area contributed by atoms with Gasteiger partial charge in [-0.3, -0.25) is 0 Å². The normalized spacial score (nSPS) is 20.9. The molecule has 4 rings (SSSR count). The Balaban J connectivity index is 1.70. The van der Waals surface area contributed by atoms with Crippen LogP contribution in [0.4, 0.5) is 5.82 Å². The molecule has 1 saturated carbocycles. The molecule has 2 atom stereocenters. The summed E-state index contributed by atoms with van der Waals surface area (Å²) in [7, 11) is 1.96. The lowest BCUT2D eigenvalue weighted by Crippen LogP contribution is -2.38. The van der Waals surface area contributed by atoms with Gasteiger partial charge in [-0.2, -0.15) is 14.7 Å². The number of aryl methyl sites for hydroxylation is 1. The Morgan fingerprint density at radius 2 is 2.23 bits per heavy atom. The minimum Gasteiger partial charge on any atom is -0.384 e. The number of aromatic amines is 1. The first-order valence-corrected chi connectivity index (χ1v) is 9.46. The molecule has 1 aliphatic carbocycles. The molecule has 3 aromatic heterocycles. The fourth-order valence-corrected chi connectivity index (χ4v) is 4.10. The Morgan fingerprint density at radius 3 is 2.96 bits per heavy atom. The van der Waals surface area contributed by atoms with E-state index in [1.54, 1.807) is 4.52 Å². The highest BCUT2D eigenvalue weighted by Gasteiger charge is 2.26. The summed E-state index contributed by atoms with van der Waals surface area (Å²) in [5.74, 6) is 1.09. The van der Waals surface area contributed by atoms with Gasteiger partial charge < -0.3 is 11.1 Å². The molecule has 7 heteroatoms. The van der Waals surface area contributed by atoms with Crippen molar-refractivity contribution in [3.05, 3.63) is 30.4 Å². The molecule has 7 nitrogen and oxygen atoms in total. The molecule has 0 radical (unpaired) electrons. The molecule has 4 N–H and O–H groups in total. The monoisotopic (exact) mass is 354 g/mol. The zero-order valence-corrected chi connectivity index (χ0v) is 15.7. The zero-order valence-electron chi connectivity index (χ0n) is 15.7. The lowest BCUT2D eigenvalue weighted by atomic mass is 9.83. The van der Waals surface area contributed by atoms with Crippen molar-refractivity contribution in [3.8, 4) is 11.1 Å². The third-order valence-corrected chi connectivity index (χ3v) is 5.25. The van der Waals surface area contributed by atoms with Gasteiger partial charge in [0.1, 0.15) is 5.82 Å². The summed E-state index contributed by atoms with van der Waals surface area (Å²) in [6, 6.07) is 3.07. The maximum absolute atomic E-state index is 6.31. The van der Waals surface area contributed by atoms with Crippen LogP contribution in [0.15, 0.2) is 24.7 Å². The van der Waals surface area contributed by atoms with Gasteiger partial charge in [-0.25, -0.2) is 4.98 Å². The van der Waals surface area contributed by atoms with E-state index in [9.17, 15) is 0 Å². The summed E-state index contributed by atoms with van der Waals surface area (Å²) < 4.78 is 3.65. The van der Waals surface area contributed by atoms with Crippen LogP contribution in [0.5, 0.6) is 0 Å². The van der Waals surface area contributed by atoms with E-state index in [0.29, 0.717) is 23.8 Å². The second-order valence-electron chi connectivity index (χ2n) is 7.75. The Labute approximate surface area is 153 Å². The van der Waals surface area contributed by atoms with E-state index in [0.717, 1.165) is 28.9 Å². The predicted molar refractivity (Wildman–Crippen MR) is 102 cm³/mol. The van der Waals surface area contributed by atoms with Crippen molar-refractivity contribution in [2.75, 3.05) is 5.73 Å². The van der Waals surface area contributed by atoms with Crippen LogP contribution in [0.1, 0.15) is 51.1 Å². The molecule has 0 spiro atoms. The first-order valence-electron chi connectivity index (χ1n) is 9.46. The van der Waals surface area contributed by atoms with Crippen molar-refractivity contribution in [1.29, 1.82) is 0 Å². The molecule has 138 valence electrons. The van der Waals surface area contributed by atoms with Gasteiger partial charge in [-0.15, -0.1) is 4.68 Å². The molecule has 0 amide bonds. The first kappa shape index (κ1) is 17.0. The number of anilines is 1. The topological polar surface area (TPSA) is 87.9 Å². The van der Waals surface area contributed by atoms with E-state index in [1.807, 2.05) is 36.4 Å². The number of H-pyrrole nitrogens is 1. The zero-order chi connectivity index (χ0) is 18.3. The smallest absolute Gasteiger partial charge is 0.203 e. The highest BCUT2D eigenvalue weighted by molar-refractivity contribution is 5.76. The Morgan fingerprint density at radius 1 is 1.38 bits per heavy atom. The summed E-state index contributed by atoms with van der Waals surface area (Å²) >= 11 is 0. The maximum Gasteiger partial charge on any atom is 0.203 e. The van der Waals surface area contributed by atoms with Crippen LogP contribution in [-0.2, 0) is 7.05 Å². The summed E-state index contributed by atoms with van der Waals surface area (Å²) in [6.45, 7) is 4.42. The highest BCUT2D eigenvalue weighted by Crippen LogP contribution is 2.34. The molecule has 3 aromatic rings. The number of aromatic nitrogens is 5. The number of rotatable bonds is 4. The number of hydrogen-bond acceptors (Lipinski definition) is 4. The quantitative estimate of drug-likeness (QED) is 0.627. The van der Waals surface area contributed by atoms with E-state index >= 15 is 0 Å². The minimum absolute atomic E-state index is 0.442. The average Bonchev–Trinajstić information content (AvgIpc) is 3.20. The summed E-state index contributed by atoms with van der Waals surface area (Å²) in [4.78, 5) is 4.99. The lowest BCUT2D eigenvalue weighted by molar-refractivity contribution is -0.726. The Hall–Kier alpha value is -2.41. The number of nitrogens with two attached hydrogens (primary N) is 1. The SMILES string of the molecule is CC(C)N[C@@H]1CCC[C@H](c2cc(N)n3ncc(-c4c[nH][n+](C)c4)c3n2)C1.